The monoisotopic (exact) mass is 384 g/mol. The Morgan fingerprint density at radius 2 is 1.85 bits per heavy atom. The maximum absolute atomic E-state index is 12.8. The van der Waals surface area contributed by atoms with Crippen molar-refractivity contribution < 1.29 is 12.9 Å². The molecule has 0 saturated carbocycles. The van der Waals surface area contributed by atoms with Crippen molar-refractivity contribution in [1.29, 1.82) is 0 Å². The molecule has 0 bridgehead atoms. The number of hydrogen-bond donors (Lipinski definition) is 0. The Bertz CT molecular complexity index is 1010. The first-order valence-electron chi connectivity index (χ1n) is 8.79. The Labute approximate surface area is 158 Å². The minimum atomic E-state index is -3.40. The zero-order valence-electron chi connectivity index (χ0n) is 14.9. The number of hydrogen-bond acceptors (Lipinski definition) is 6. The number of rotatable bonds is 5. The summed E-state index contributed by atoms with van der Waals surface area (Å²) in [6.45, 7) is 2.82. The number of pyridine rings is 1. The van der Waals surface area contributed by atoms with Crippen LogP contribution in [0, 0.1) is 5.92 Å². The van der Waals surface area contributed by atoms with Crippen LogP contribution in [0.15, 0.2) is 59.4 Å². The predicted molar refractivity (Wildman–Crippen MR) is 100 cm³/mol. The van der Waals surface area contributed by atoms with E-state index in [2.05, 4.69) is 15.1 Å². The molecule has 1 aromatic carbocycles. The maximum atomic E-state index is 12.8. The Kier molecular flexibility index (Phi) is 4.75. The molecule has 0 aliphatic carbocycles. The molecule has 1 saturated heterocycles. The van der Waals surface area contributed by atoms with Crippen LogP contribution in [0.5, 0.6) is 0 Å². The molecule has 0 radical (unpaired) electrons. The van der Waals surface area contributed by atoms with Crippen molar-refractivity contribution in [1.82, 2.24) is 19.4 Å². The molecule has 0 spiro atoms. The van der Waals surface area contributed by atoms with E-state index in [1.165, 1.54) is 4.31 Å². The summed E-state index contributed by atoms with van der Waals surface area (Å²) in [5, 5.41) is 4.04. The van der Waals surface area contributed by atoms with E-state index >= 15 is 0 Å². The number of nitrogens with zero attached hydrogens (tertiary/aromatic N) is 4. The third-order valence-electron chi connectivity index (χ3n) is 4.86. The molecular formula is C19H20N4O3S. The van der Waals surface area contributed by atoms with Crippen molar-refractivity contribution >= 4 is 10.0 Å². The van der Waals surface area contributed by atoms with Crippen LogP contribution in [0.4, 0.5) is 0 Å². The normalized spacial score (nSPS) is 20.8. The Balaban J connectivity index is 1.51. The average Bonchev–Trinajstić information content (AvgIpc) is 3.30. The molecule has 0 N–H and O–H groups in total. The van der Waals surface area contributed by atoms with E-state index in [4.69, 9.17) is 4.52 Å². The van der Waals surface area contributed by atoms with Gasteiger partial charge < -0.3 is 4.52 Å². The molecule has 0 amide bonds. The molecule has 3 aromatic rings. The first kappa shape index (κ1) is 17.8. The number of aromatic nitrogens is 3. The summed E-state index contributed by atoms with van der Waals surface area (Å²) in [5.74, 6) is 0.955. The van der Waals surface area contributed by atoms with Crippen molar-refractivity contribution in [2.75, 3.05) is 13.1 Å². The summed E-state index contributed by atoms with van der Waals surface area (Å²) in [6.07, 6.45) is 3.34. The van der Waals surface area contributed by atoms with Gasteiger partial charge in [0.2, 0.25) is 21.7 Å². The van der Waals surface area contributed by atoms with Crippen LogP contribution in [0.25, 0.3) is 11.4 Å². The van der Waals surface area contributed by atoms with Gasteiger partial charge in [-0.05, 0) is 23.6 Å². The standard InChI is InChI=1S/C19H20N4O3S/c1-14-11-23(27(24,25)13-15-5-3-2-4-6-15)12-17(14)19-21-18(22-26-19)16-7-9-20-10-8-16/h2-10,14,17H,11-13H2,1H3. The van der Waals surface area contributed by atoms with Crippen LogP contribution < -0.4 is 0 Å². The van der Waals surface area contributed by atoms with Crippen molar-refractivity contribution in [2.45, 2.75) is 18.6 Å². The first-order chi connectivity index (χ1) is 13.0. The fraction of sp³-hybridized carbons (Fsp3) is 0.316. The van der Waals surface area contributed by atoms with Crippen molar-refractivity contribution in [3.63, 3.8) is 0 Å². The Morgan fingerprint density at radius 1 is 1.11 bits per heavy atom. The van der Waals surface area contributed by atoms with Gasteiger partial charge in [-0.1, -0.05) is 42.4 Å². The maximum Gasteiger partial charge on any atom is 0.231 e. The molecular weight excluding hydrogens is 364 g/mol. The lowest BCUT2D eigenvalue weighted by atomic mass is 9.98. The molecule has 8 heteroatoms. The van der Waals surface area contributed by atoms with E-state index in [0.717, 1.165) is 11.1 Å². The lowest BCUT2D eigenvalue weighted by Crippen LogP contribution is -2.30. The van der Waals surface area contributed by atoms with Crippen molar-refractivity contribution in [2.24, 2.45) is 5.92 Å². The molecule has 2 aromatic heterocycles. The van der Waals surface area contributed by atoms with Crippen LogP contribution in [-0.4, -0.2) is 40.9 Å². The van der Waals surface area contributed by atoms with E-state index < -0.39 is 10.0 Å². The highest BCUT2D eigenvalue weighted by Gasteiger charge is 2.40. The van der Waals surface area contributed by atoms with E-state index in [1.807, 2.05) is 49.4 Å². The number of sulfonamides is 1. The second-order valence-corrected chi connectivity index (χ2v) is 8.80. The van der Waals surface area contributed by atoms with E-state index in [-0.39, 0.29) is 17.6 Å². The van der Waals surface area contributed by atoms with Gasteiger partial charge in [0.1, 0.15) is 0 Å². The SMILES string of the molecule is CC1CN(S(=O)(=O)Cc2ccccc2)CC1c1nc(-c2ccncc2)no1. The molecule has 27 heavy (non-hydrogen) atoms. The van der Waals surface area contributed by atoms with Crippen LogP contribution >= 0.6 is 0 Å². The summed E-state index contributed by atoms with van der Waals surface area (Å²) < 4.78 is 32.6. The van der Waals surface area contributed by atoms with Gasteiger partial charge in [0, 0.05) is 31.0 Å². The van der Waals surface area contributed by atoms with Gasteiger partial charge in [-0.3, -0.25) is 4.98 Å². The van der Waals surface area contributed by atoms with E-state index in [9.17, 15) is 8.42 Å². The summed E-state index contributed by atoms with van der Waals surface area (Å²) in [7, 11) is -3.40. The first-order valence-corrected chi connectivity index (χ1v) is 10.4. The Morgan fingerprint density at radius 3 is 2.59 bits per heavy atom. The van der Waals surface area contributed by atoms with Gasteiger partial charge in [-0.25, -0.2) is 12.7 Å². The lowest BCUT2D eigenvalue weighted by molar-refractivity contribution is 0.338. The summed E-state index contributed by atoms with van der Waals surface area (Å²) >= 11 is 0. The van der Waals surface area contributed by atoms with E-state index in [0.29, 0.717) is 24.8 Å². The molecule has 2 atom stereocenters. The Hall–Kier alpha value is -2.58. The minimum Gasteiger partial charge on any atom is -0.339 e. The van der Waals surface area contributed by atoms with Gasteiger partial charge in [0.15, 0.2) is 0 Å². The van der Waals surface area contributed by atoms with Gasteiger partial charge in [0.05, 0.1) is 11.7 Å². The zero-order valence-corrected chi connectivity index (χ0v) is 15.7. The van der Waals surface area contributed by atoms with Crippen LogP contribution in [0.1, 0.15) is 24.3 Å². The molecule has 1 aliphatic heterocycles. The fourth-order valence-corrected chi connectivity index (χ4v) is 5.00. The zero-order chi connectivity index (χ0) is 18.9. The van der Waals surface area contributed by atoms with Gasteiger partial charge in [0.25, 0.3) is 0 Å². The predicted octanol–water partition coefficient (Wildman–Crippen LogP) is 2.70. The van der Waals surface area contributed by atoms with E-state index in [1.54, 1.807) is 12.4 Å². The fourth-order valence-electron chi connectivity index (χ4n) is 3.35. The summed E-state index contributed by atoms with van der Waals surface area (Å²) in [5.41, 5.74) is 1.60. The van der Waals surface area contributed by atoms with Crippen molar-refractivity contribution in [3.05, 3.63) is 66.3 Å². The topological polar surface area (TPSA) is 89.2 Å². The highest BCUT2D eigenvalue weighted by atomic mass is 32.2. The average molecular weight is 384 g/mol. The molecule has 2 unspecified atom stereocenters. The second-order valence-electron chi connectivity index (χ2n) is 6.83. The van der Waals surface area contributed by atoms with Gasteiger partial charge >= 0.3 is 0 Å². The largest absolute Gasteiger partial charge is 0.339 e. The second kappa shape index (κ2) is 7.21. The van der Waals surface area contributed by atoms with Crippen LogP contribution in [0.3, 0.4) is 0 Å². The highest BCUT2D eigenvalue weighted by molar-refractivity contribution is 7.88. The summed E-state index contributed by atoms with van der Waals surface area (Å²) in [6, 6.07) is 12.8. The number of benzene rings is 1. The van der Waals surface area contributed by atoms with Crippen LogP contribution in [0.2, 0.25) is 0 Å². The van der Waals surface area contributed by atoms with Gasteiger partial charge in [-0.15, -0.1) is 0 Å². The third-order valence-corrected chi connectivity index (χ3v) is 6.64. The molecule has 4 rings (SSSR count). The molecule has 140 valence electrons. The molecule has 7 nitrogen and oxygen atoms in total. The van der Waals surface area contributed by atoms with Crippen molar-refractivity contribution in [3.8, 4) is 11.4 Å². The highest BCUT2D eigenvalue weighted by Crippen LogP contribution is 2.34. The molecule has 3 heterocycles. The van der Waals surface area contributed by atoms with Gasteiger partial charge in [-0.2, -0.15) is 4.98 Å². The van der Waals surface area contributed by atoms with Crippen LogP contribution in [-0.2, 0) is 15.8 Å². The smallest absolute Gasteiger partial charge is 0.231 e. The quantitative estimate of drug-likeness (QED) is 0.672. The third kappa shape index (κ3) is 3.77. The summed E-state index contributed by atoms with van der Waals surface area (Å²) in [4.78, 5) is 8.47. The minimum absolute atomic E-state index is 0.000616. The molecule has 1 aliphatic rings. The molecule has 1 fully saturated rings. The lowest BCUT2D eigenvalue weighted by Gasteiger charge is -2.16.